The lowest BCUT2D eigenvalue weighted by Gasteiger charge is -2.30. The first-order valence-corrected chi connectivity index (χ1v) is 11.1. The molecular weight excluding hydrogens is 372 g/mol. The molecule has 26 heavy (non-hydrogen) atoms. The molecule has 0 saturated carbocycles. The van der Waals surface area contributed by atoms with Gasteiger partial charge in [-0.15, -0.1) is 11.3 Å². The highest BCUT2D eigenvalue weighted by molar-refractivity contribution is 7.91. The van der Waals surface area contributed by atoms with Crippen molar-refractivity contribution in [2.24, 2.45) is 5.92 Å². The third kappa shape index (κ3) is 4.52. The van der Waals surface area contributed by atoms with Gasteiger partial charge in [0.25, 0.3) is 10.0 Å². The second kappa shape index (κ2) is 8.32. The van der Waals surface area contributed by atoms with Gasteiger partial charge in [0.05, 0.1) is 0 Å². The summed E-state index contributed by atoms with van der Waals surface area (Å²) in [5.41, 5.74) is 0. The summed E-state index contributed by atoms with van der Waals surface area (Å²) in [4.78, 5) is 13.0. The van der Waals surface area contributed by atoms with E-state index >= 15 is 0 Å². The van der Waals surface area contributed by atoms with E-state index in [1.165, 1.54) is 11.3 Å². The van der Waals surface area contributed by atoms with E-state index in [1.54, 1.807) is 33.5 Å². The van der Waals surface area contributed by atoms with E-state index in [2.05, 4.69) is 10.4 Å². The first-order chi connectivity index (χ1) is 12.5. The summed E-state index contributed by atoms with van der Waals surface area (Å²) in [5, 5.41) is 6.93. The Hall–Kier alpha value is -1.71. The van der Waals surface area contributed by atoms with Gasteiger partial charge in [0.15, 0.2) is 0 Å². The summed E-state index contributed by atoms with van der Waals surface area (Å²) in [6, 6.07) is 5.38. The molecule has 0 spiro atoms. The van der Waals surface area contributed by atoms with Crippen LogP contribution in [0, 0.1) is 5.92 Å². The van der Waals surface area contributed by atoms with Gasteiger partial charge in [-0.05, 0) is 43.4 Å². The molecule has 0 radical (unpaired) electrons. The van der Waals surface area contributed by atoms with E-state index < -0.39 is 10.0 Å². The molecule has 3 heterocycles. The lowest BCUT2D eigenvalue weighted by atomic mass is 9.98. The zero-order valence-electron chi connectivity index (χ0n) is 14.8. The quantitative estimate of drug-likeness (QED) is 0.772. The second-order valence-electron chi connectivity index (χ2n) is 6.43. The van der Waals surface area contributed by atoms with Crippen LogP contribution in [0.4, 0.5) is 0 Å². The number of amides is 1. The summed E-state index contributed by atoms with van der Waals surface area (Å²) in [6.07, 6.45) is 5.75. The fourth-order valence-corrected chi connectivity index (χ4v) is 5.94. The summed E-state index contributed by atoms with van der Waals surface area (Å²) >= 11 is 1.36. The summed E-state index contributed by atoms with van der Waals surface area (Å²) in [7, 11) is -3.39. The zero-order valence-corrected chi connectivity index (χ0v) is 16.4. The molecule has 1 N–H and O–H groups in total. The molecule has 2 aromatic rings. The fourth-order valence-electron chi connectivity index (χ4n) is 3.02. The van der Waals surface area contributed by atoms with Gasteiger partial charge in [-0.3, -0.25) is 9.48 Å². The van der Waals surface area contributed by atoms with Gasteiger partial charge in [-0.25, -0.2) is 8.42 Å². The zero-order chi connectivity index (χ0) is 18.6. The minimum Gasteiger partial charge on any atom is -0.354 e. The molecule has 1 aliphatic rings. The van der Waals surface area contributed by atoms with Crippen molar-refractivity contribution in [2.45, 2.75) is 36.9 Å². The van der Waals surface area contributed by atoms with Gasteiger partial charge in [0.2, 0.25) is 5.91 Å². The number of aryl methyl sites for hydroxylation is 1. The number of hydrogen-bond donors (Lipinski definition) is 1. The van der Waals surface area contributed by atoms with Crippen LogP contribution >= 0.6 is 11.3 Å². The molecule has 0 atom stereocenters. The molecule has 2 aromatic heterocycles. The fraction of sp³-hybridized carbons (Fsp3) is 0.529. The van der Waals surface area contributed by atoms with Crippen LogP contribution in [0.1, 0.15) is 24.6 Å². The molecule has 0 aromatic carbocycles. The van der Waals surface area contributed by atoms with Gasteiger partial charge in [-0.1, -0.05) is 6.92 Å². The molecule has 1 saturated heterocycles. The lowest BCUT2D eigenvalue weighted by molar-refractivity contribution is -0.122. The maximum absolute atomic E-state index is 12.7. The van der Waals surface area contributed by atoms with Crippen LogP contribution < -0.4 is 5.32 Å². The minimum absolute atomic E-state index is 0.0746. The van der Waals surface area contributed by atoms with Crippen LogP contribution in [0.25, 0.3) is 0 Å². The third-order valence-electron chi connectivity index (χ3n) is 4.61. The lowest BCUT2D eigenvalue weighted by Crippen LogP contribution is -2.41. The van der Waals surface area contributed by atoms with Gasteiger partial charge in [0.1, 0.15) is 10.8 Å². The van der Waals surface area contributed by atoms with Crippen molar-refractivity contribution in [1.82, 2.24) is 19.4 Å². The number of nitrogens with zero attached hydrogens (tertiary/aromatic N) is 3. The summed E-state index contributed by atoms with van der Waals surface area (Å²) in [6.45, 7) is 3.81. The Morgan fingerprint density at radius 1 is 1.35 bits per heavy atom. The Labute approximate surface area is 158 Å². The molecule has 1 aliphatic heterocycles. The number of rotatable bonds is 7. The molecule has 0 unspecified atom stereocenters. The van der Waals surface area contributed by atoms with Crippen molar-refractivity contribution in [2.75, 3.05) is 19.6 Å². The van der Waals surface area contributed by atoms with Gasteiger partial charge >= 0.3 is 0 Å². The van der Waals surface area contributed by atoms with Crippen LogP contribution in [-0.2, 0) is 27.8 Å². The van der Waals surface area contributed by atoms with Gasteiger partial charge in [0, 0.05) is 36.9 Å². The van der Waals surface area contributed by atoms with Crippen molar-refractivity contribution in [3.8, 4) is 0 Å². The molecule has 1 fully saturated rings. The molecule has 142 valence electrons. The molecule has 7 nitrogen and oxygen atoms in total. The van der Waals surface area contributed by atoms with Crippen molar-refractivity contribution < 1.29 is 13.2 Å². The topological polar surface area (TPSA) is 84.3 Å². The van der Waals surface area contributed by atoms with Crippen LogP contribution in [0.2, 0.25) is 0 Å². The SMILES string of the molecule is CCc1ccc(S(=O)(=O)N2CCC(CNC(=O)Cn3cccn3)CC2)s1. The van der Waals surface area contributed by atoms with E-state index in [0.717, 1.165) is 24.1 Å². The highest BCUT2D eigenvalue weighted by Gasteiger charge is 2.30. The monoisotopic (exact) mass is 396 g/mol. The first-order valence-electron chi connectivity index (χ1n) is 8.82. The number of nitrogens with one attached hydrogen (secondary N) is 1. The number of piperidine rings is 1. The van der Waals surface area contributed by atoms with E-state index in [0.29, 0.717) is 29.8 Å². The average Bonchev–Trinajstić information content (AvgIpc) is 3.32. The predicted octanol–water partition coefficient (Wildman–Crippen LogP) is 1.72. The smallest absolute Gasteiger partial charge is 0.252 e. The number of carbonyl (C=O) groups excluding carboxylic acids is 1. The maximum atomic E-state index is 12.7. The first kappa shape index (κ1) is 19.1. The Morgan fingerprint density at radius 2 is 2.12 bits per heavy atom. The number of aromatic nitrogens is 2. The van der Waals surface area contributed by atoms with E-state index in [-0.39, 0.29) is 12.5 Å². The predicted molar refractivity (Wildman–Crippen MR) is 100 cm³/mol. The highest BCUT2D eigenvalue weighted by Crippen LogP contribution is 2.28. The van der Waals surface area contributed by atoms with Gasteiger partial charge in [-0.2, -0.15) is 9.40 Å². The van der Waals surface area contributed by atoms with E-state index in [1.807, 2.05) is 13.0 Å². The van der Waals surface area contributed by atoms with E-state index in [4.69, 9.17) is 0 Å². The number of carbonyl (C=O) groups is 1. The molecule has 9 heteroatoms. The molecular formula is C17H24N4O3S2. The Kier molecular flexibility index (Phi) is 6.10. The Balaban J connectivity index is 1.47. The second-order valence-corrected chi connectivity index (χ2v) is 9.76. The number of sulfonamides is 1. The third-order valence-corrected chi connectivity index (χ3v) is 8.20. The van der Waals surface area contributed by atoms with Crippen LogP contribution in [-0.4, -0.2) is 48.0 Å². The molecule has 0 aliphatic carbocycles. The normalized spacial score (nSPS) is 16.7. The summed E-state index contributed by atoms with van der Waals surface area (Å²) in [5.74, 6) is 0.229. The van der Waals surface area contributed by atoms with Gasteiger partial charge < -0.3 is 5.32 Å². The number of thiophene rings is 1. The minimum atomic E-state index is -3.39. The molecule has 0 bridgehead atoms. The van der Waals surface area contributed by atoms with Crippen LogP contribution in [0.3, 0.4) is 0 Å². The highest BCUT2D eigenvalue weighted by atomic mass is 32.2. The van der Waals surface area contributed by atoms with E-state index in [9.17, 15) is 13.2 Å². The van der Waals surface area contributed by atoms with Crippen molar-refractivity contribution in [1.29, 1.82) is 0 Å². The van der Waals surface area contributed by atoms with Crippen molar-refractivity contribution >= 4 is 27.3 Å². The Morgan fingerprint density at radius 3 is 2.73 bits per heavy atom. The van der Waals surface area contributed by atoms with Crippen molar-refractivity contribution in [3.63, 3.8) is 0 Å². The average molecular weight is 397 g/mol. The maximum Gasteiger partial charge on any atom is 0.252 e. The number of hydrogen-bond acceptors (Lipinski definition) is 5. The Bertz CT molecular complexity index is 822. The van der Waals surface area contributed by atoms with Crippen molar-refractivity contribution in [3.05, 3.63) is 35.5 Å². The standard InChI is InChI=1S/C17H24N4O3S2/c1-2-15-4-5-17(25-15)26(23,24)21-10-6-14(7-11-21)12-18-16(22)13-20-9-3-8-19-20/h3-5,8-9,14H,2,6-7,10-13H2,1H3,(H,18,22). The molecule has 1 amide bonds. The largest absolute Gasteiger partial charge is 0.354 e. The van der Waals surface area contributed by atoms with Crippen LogP contribution in [0.5, 0.6) is 0 Å². The summed E-state index contributed by atoms with van der Waals surface area (Å²) < 4.78 is 29.0. The molecule has 3 rings (SSSR count). The van der Waals surface area contributed by atoms with Crippen LogP contribution in [0.15, 0.2) is 34.8 Å².